The predicted molar refractivity (Wildman–Crippen MR) is 83.9 cm³/mol. The van der Waals surface area contributed by atoms with Crippen LogP contribution in [-0.2, 0) is 9.59 Å². The Labute approximate surface area is 128 Å². The van der Waals surface area contributed by atoms with Gasteiger partial charge in [0, 0.05) is 6.04 Å². The summed E-state index contributed by atoms with van der Waals surface area (Å²) >= 11 is 0. The van der Waals surface area contributed by atoms with E-state index in [2.05, 4.69) is 19.2 Å². The molecule has 2 aliphatic rings. The van der Waals surface area contributed by atoms with E-state index in [0.29, 0.717) is 12.8 Å². The van der Waals surface area contributed by atoms with E-state index in [9.17, 15) is 9.59 Å². The molecule has 1 unspecified atom stereocenters. The van der Waals surface area contributed by atoms with Crippen molar-refractivity contribution in [3.63, 3.8) is 0 Å². The normalized spacial score (nSPS) is 25.2. The first-order valence-electron chi connectivity index (χ1n) is 8.63. The highest BCUT2D eigenvalue weighted by molar-refractivity contribution is 6.02. The molecule has 0 aromatic heterocycles. The third kappa shape index (κ3) is 2.36. The number of amides is 2. The van der Waals surface area contributed by atoms with Gasteiger partial charge in [0.2, 0.25) is 11.8 Å². The molecule has 1 aliphatic heterocycles. The van der Waals surface area contributed by atoms with Crippen molar-refractivity contribution >= 4 is 11.8 Å². The van der Waals surface area contributed by atoms with Crippen LogP contribution < -0.4 is 5.32 Å². The van der Waals surface area contributed by atoms with Crippen LogP contribution in [-0.4, -0.2) is 33.8 Å². The Kier molecular flexibility index (Phi) is 4.64. The van der Waals surface area contributed by atoms with Gasteiger partial charge in [-0.25, -0.2) is 0 Å². The quantitative estimate of drug-likeness (QED) is 0.847. The van der Waals surface area contributed by atoms with E-state index in [-0.39, 0.29) is 17.9 Å². The molecule has 1 spiro atoms. The average molecular weight is 294 g/mol. The van der Waals surface area contributed by atoms with Gasteiger partial charge in [-0.2, -0.15) is 0 Å². The number of piperazine rings is 1. The van der Waals surface area contributed by atoms with Crippen LogP contribution in [0.4, 0.5) is 0 Å². The number of nitrogens with one attached hydrogen (secondary N) is 1. The molecular formula is C17H30N2O2. The summed E-state index contributed by atoms with van der Waals surface area (Å²) in [6.45, 7) is 8.24. The van der Waals surface area contributed by atoms with Crippen molar-refractivity contribution in [2.24, 2.45) is 0 Å². The zero-order chi connectivity index (χ0) is 15.7. The smallest absolute Gasteiger partial charge is 0.249 e. The summed E-state index contributed by atoms with van der Waals surface area (Å²) in [6, 6.07) is 0.143. The Morgan fingerprint density at radius 2 is 1.71 bits per heavy atom. The van der Waals surface area contributed by atoms with E-state index in [1.54, 1.807) is 0 Å². The molecule has 0 bridgehead atoms. The maximum absolute atomic E-state index is 13.2. The largest absolute Gasteiger partial charge is 0.340 e. The fourth-order valence-electron chi connectivity index (χ4n) is 4.25. The van der Waals surface area contributed by atoms with Gasteiger partial charge in [-0.3, -0.25) is 9.59 Å². The first-order chi connectivity index (χ1) is 9.97. The van der Waals surface area contributed by atoms with Crippen LogP contribution in [0.25, 0.3) is 0 Å². The number of hydrogen-bond acceptors (Lipinski definition) is 2. The molecule has 120 valence electrons. The van der Waals surface area contributed by atoms with Crippen LogP contribution in [0.3, 0.4) is 0 Å². The van der Waals surface area contributed by atoms with Crippen molar-refractivity contribution in [2.45, 2.75) is 96.2 Å². The summed E-state index contributed by atoms with van der Waals surface area (Å²) in [7, 11) is 0. The van der Waals surface area contributed by atoms with E-state index < -0.39 is 11.1 Å². The van der Waals surface area contributed by atoms with E-state index in [4.69, 9.17) is 0 Å². The third-order valence-corrected chi connectivity index (χ3v) is 5.65. The van der Waals surface area contributed by atoms with Crippen molar-refractivity contribution in [1.29, 1.82) is 0 Å². The molecular weight excluding hydrogens is 264 g/mol. The van der Waals surface area contributed by atoms with Gasteiger partial charge in [-0.05, 0) is 39.0 Å². The Hall–Kier alpha value is -1.06. The minimum atomic E-state index is -0.688. The van der Waals surface area contributed by atoms with Crippen LogP contribution in [0.1, 0.15) is 79.1 Å². The molecule has 4 nitrogen and oxygen atoms in total. The van der Waals surface area contributed by atoms with E-state index in [1.807, 2.05) is 18.7 Å². The minimum Gasteiger partial charge on any atom is -0.340 e. The highest BCUT2D eigenvalue weighted by Crippen LogP contribution is 2.42. The maximum atomic E-state index is 13.2. The molecule has 1 saturated carbocycles. The highest BCUT2D eigenvalue weighted by atomic mass is 16.2. The van der Waals surface area contributed by atoms with Crippen LogP contribution in [0.15, 0.2) is 0 Å². The van der Waals surface area contributed by atoms with Crippen molar-refractivity contribution in [2.75, 3.05) is 0 Å². The summed E-state index contributed by atoms with van der Waals surface area (Å²) in [5.74, 6) is 0.237. The standard InChI is InChI=1S/C17H30N2O2/c1-5-10-13(4)19-15(21)16(6-2,7-3)18-14(20)17(19)11-8-9-12-17/h13H,5-12H2,1-4H3,(H,18,20). The first-order valence-corrected chi connectivity index (χ1v) is 8.63. The lowest BCUT2D eigenvalue weighted by Crippen LogP contribution is -2.76. The average Bonchev–Trinajstić information content (AvgIpc) is 2.94. The highest BCUT2D eigenvalue weighted by Gasteiger charge is 2.59. The Morgan fingerprint density at radius 3 is 2.19 bits per heavy atom. The molecule has 1 heterocycles. The lowest BCUT2D eigenvalue weighted by Gasteiger charge is -2.53. The van der Waals surface area contributed by atoms with Gasteiger partial charge in [0.05, 0.1) is 0 Å². The van der Waals surface area contributed by atoms with Gasteiger partial charge in [0.25, 0.3) is 0 Å². The van der Waals surface area contributed by atoms with Crippen molar-refractivity contribution in [3.05, 3.63) is 0 Å². The summed E-state index contributed by atoms with van der Waals surface area (Å²) < 4.78 is 0. The summed E-state index contributed by atoms with van der Waals surface area (Å²) in [6.07, 6.45) is 7.06. The molecule has 21 heavy (non-hydrogen) atoms. The van der Waals surface area contributed by atoms with Crippen LogP contribution in [0, 0.1) is 0 Å². The number of carbonyl (C=O) groups is 2. The fraction of sp³-hybridized carbons (Fsp3) is 0.882. The zero-order valence-electron chi connectivity index (χ0n) is 14.0. The van der Waals surface area contributed by atoms with Gasteiger partial charge in [-0.1, -0.05) is 40.0 Å². The summed E-state index contributed by atoms with van der Waals surface area (Å²) in [4.78, 5) is 28.1. The molecule has 1 aliphatic carbocycles. The number of hydrogen-bond donors (Lipinski definition) is 1. The molecule has 2 rings (SSSR count). The van der Waals surface area contributed by atoms with E-state index in [1.165, 1.54) is 0 Å². The van der Waals surface area contributed by atoms with Crippen LogP contribution in [0.2, 0.25) is 0 Å². The predicted octanol–water partition coefficient (Wildman–Crippen LogP) is 3.01. The van der Waals surface area contributed by atoms with Gasteiger partial charge in [-0.15, -0.1) is 0 Å². The second-order valence-electron chi connectivity index (χ2n) is 6.79. The van der Waals surface area contributed by atoms with E-state index >= 15 is 0 Å². The number of carbonyl (C=O) groups excluding carboxylic acids is 2. The van der Waals surface area contributed by atoms with E-state index in [0.717, 1.165) is 38.5 Å². The second-order valence-corrected chi connectivity index (χ2v) is 6.79. The summed E-state index contributed by atoms with van der Waals surface area (Å²) in [5, 5.41) is 3.11. The zero-order valence-corrected chi connectivity index (χ0v) is 14.0. The van der Waals surface area contributed by atoms with Crippen molar-refractivity contribution in [1.82, 2.24) is 10.2 Å². The minimum absolute atomic E-state index is 0.0891. The Morgan fingerprint density at radius 1 is 1.14 bits per heavy atom. The monoisotopic (exact) mass is 294 g/mol. The van der Waals surface area contributed by atoms with Crippen LogP contribution in [0.5, 0.6) is 0 Å². The van der Waals surface area contributed by atoms with Gasteiger partial charge < -0.3 is 10.2 Å². The molecule has 4 heteroatoms. The van der Waals surface area contributed by atoms with Crippen LogP contribution >= 0.6 is 0 Å². The lowest BCUT2D eigenvalue weighted by molar-refractivity contribution is -0.167. The maximum Gasteiger partial charge on any atom is 0.249 e. The molecule has 0 aromatic carbocycles. The van der Waals surface area contributed by atoms with Gasteiger partial charge in [0.15, 0.2) is 0 Å². The van der Waals surface area contributed by atoms with Gasteiger partial charge in [0.1, 0.15) is 11.1 Å². The SMILES string of the molecule is CCCC(C)N1C(=O)C(CC)(CC)NC(=O)C12CCCC2. The molecule has 1 N–H and O–H groups in total. The summed E-state index contributed by atoms with van der Waals surface area (Å²) in [5.41, 5.74) is -1.26. The Bertz CT molecular complexity index is 409. The number of nitrogens with zero attached hydrogens (tertiary/aromatic N) is 1. The van der Waals surface area contributed by atoms with Gasteiger partial charge >= 0.3 is 0 Å². The molecule has 2 amide bonds. The second kappa shape index (κ2) is 5.98. The van der Waals surface area contributed by atoms with Crippen molar-refractivity contribution in [3.8, 4) is 0 Å². The molecule has 0 radical (unpaired) electrons. The molecule has 1 atom stereocenters. The fourth-order valence-corrected chi connectivity index (χ4v) is 4.25. The van der Waals surface area contributed by atoms with Crippen molar-refractivity contribution < 1.29 is 9.59 Å². The molecule has 1 saturated heterocycles. The third-order valence-electron chi connectivity index (χ3n) is 5.65. The molecule has 0 aromatic rings. The molecule has 2 fully saturated rings. The number of rotatable bonds is 5. The topological polar surface area (TPSA) is 49.4 Å². The first kappa shape index (κ1) is 16.3. The Balaban J connectivity index is 2.44. The lowest BCUT2D eigenvalue weighted by atomic mass is 9.79.